The van der Waals surface area contributed by atoms with Gasteiger partial charge in [0.2, 0.25) is 5.91 Å². The Kier molecular flexibility index (Phi) is 13.1. The lowest BCUT2D eigenvalue weighted by atomic mass is 10.1. The number of ketones is 1. The van der Waals surface area contributed by atoms with Crippen LogP contribution in [0.4, 0.5) is 0 Å². The topological polar surface area (TPSA) is 142 Å². The van der Waals surface area contributed by atoms with E-state index in [1.54, 1.807) is 13.8 Å². The van der Waals surface area contributed by atoms with Crippen LogP contribution in [0.1, 0.15) is 46.0 Å². The molecule has 0 rings (SSSR count). The molecule has 0 aliphatic heterocycles. The van der Waals surface area contributed by atoms with Crippen LogP contribution in [-0.2, 0) is 33.4 Å². The largest absolute Gasteiger partial charge is 0.468 e. The summed E-state index contributed by atoms with van der Waals surface area (Å²) in [5.41, 5.74) is 5.57. The minimum absolute atomic E-state index is 0.0588. The number of carbonyl (C=O) groups excluding carboxylic acids is 5. The molecule has 3 N–H and O–H groups in total. The number of ether oxygens (including phenoxy) is 2. The summed E-state index contributed by atoms with van der Waals surface area (Å²) in [6.45, 7) is 3.57. The standard InChI is InChI=1S/C17H28N2O7S/c1-4-16(23)27-10-12(13(20)7-9-15(22)26-5-2)19-14(21)8-6-11(18)17(24)25-3/h11-12H,4-10,18H2,1-3H3,(H,19,21). The van der Waals surface area contributed by atoms with Crippen molar-refractivity contribution in [2.24, 2.45) is 5.73 Å². The first-order valence-corrected chi connectivity index (χ1v) is 9.70. The van der Waals surface area contributed by atoms with Crippen molar-refractivity contribution in [2.45, 2.75) is 58.0 Å². The number of nitrogens with two attached hydrogens (primary N) is 1. The zero-order valence-corrected chi connectivity index (χ0v) is 16.8. The van der Waals surface area contributed by atoms with Gasteiger partial charge in [0.05, 0.1) is 26.2 Å². The summed E-state index contributed by atoms with van der Waals surface area (Å²) >= 11 is 0.943. The van der Waals surface area contributed by atoms with Gasteiger partial charge in [0.15, 0.2) is 10.9 Å². The van der Waals surface area contributed by atoms with Gasteiger partial charge in [0.1, 0.15) is 6.04 Å². The maximum Gasteiger partial charge on any atom is 0.322 e. The highest BCUT2D eigenvalue weighted by atomic mass is 32.2. The SMILES string of the molecule is CCOC(=O)CCC(=O)C(CSC(=O)CC)NC(=O)CCC(N)C(=O)OC. The Labute approximate surface area is 163 Å². The number of amides is 1. The van der Waals surface area contributed by atoms with E-state index in [0.717, 1.165) is 11.8 Å². The number of thioether (sulfide) groups is 1. The molecule has 0 radical (unpaired) electrons. The fourth-order valence-corrected chi connectivity index (χ4v) is 2.77. The second-order valence-corrected chi connectivity index (χ2v) is 6.67. The Morgan fingerprint density at radius 1 is 1.07 bits per heavy atom. The van der Waals surface area contributed by atoms with Gasteiger partial charge in [-0.1, -0.05) is 18.7 Å². The third-order valence-corrected chi connectivity index (χ3v) is 4.60. The lowest BCUT2D eigenvalue weighted by Gasteiger charge is -2.17. The molecule has 0 aromatic heterocycles. The van der Waals surface area contributed by atoms with Crippen LogP contribution in [0.5, 0.6) is 0 Å². The van der Waals surface area contributed by atoms with Crippen LogP contribution in [0.15, 0.2) is 0 Å². The quantitative estimate of drug-likeness (QED) is 0.415. The van der Waals surface area contributed by atoms with Crippen LogP contribution in [0.25, 0.3) is 0 Å². The maximum absolute atomic E-state index is 12.3. The lowest BCUT2D eigenvalue weighted by molar-refractivity contribution is -0.144. The summed E-state index contributed by atoms with van der Waals surface area (Å²) in [6.07, 6.45) is 0.0783. The third kappa shape index (κ3) is 11.4. The Bertz CT molecular complexity index is 539. The average Bonchev–Trinajstić information content (AvgIpc) is 2.66. The van der Waals surface area contributed by atoms with Crippen molar-refractivity contribution in [1.82, 2.24) is 5.32 Å². The van der Waals surface area contributed by atoms with Crippen LogP contribution in [0, 0.1) is 0 Å². The molecule has 27 heavy (non-hydrogen) atoms. The zero-order valence-electron chi connectivity index (χ0n) is 15.9. The predicted molar refractivity (Wildman–Crippen MR) is 99.8 cm³/mol. The van der Waals surface area contributed by atoms with Crippen molar-refractivity contribution < 1.29 is 33.4 Å². The molecule has 1 amide bonds. The molecular weight excluding hydrogens is 376 g/mol. The number of hydrogen-bond acceptors (Lipinski definition) is 9. The predicted octanol–water partition coefficient (Wildman–Crippen LogP) is 0.334. The molecule has 0 aliphatic carbocycles. The number of rotatable bonds is 13. The van der Waals surface area contributed by atoms with Crippen molar-refractivity contribution in [2.75, 3.05) is 19.5 Å². The molecule has 0 aliphatic rings. The molecule has 154 valence electrons. The first kappa shape index (κ1) is 25.1. The number of Topliss-reactive ketones (excluding diaryl/α,β-unsaturated/α-hetero) is 1. The van der Waals surface area contributed by atoms with Gasteiger partial charge in [0.25, 0.3) is 0 Å². The molecule has 0 spiro atoms. The molecule has 0 fully saturated rings. The Hall–Kier alpha value is -1.94. The van der Waals surface area contributed by atoms with Crippen molar-refractivity contribution >= 4 is 40.5 Å². The molecule has 9 nitrogen and oxygen atoms in total. The summed E-state index contributed by atoms with van der Waals surface area (Å²) < 4.78 is 9.25. The van der Waals surface area contributed by atoms with E-state index in [2.05, 4.69) is 10.1 Å². The normalized spacial score (nSPS) is 12.6. The molecule has 0 aromatic rings. The fraction of sp³-hybridized carbons (Fsp3) is 0.706. The minimum Gasteiger partial charge on any atom is -0.468 e. The van der Waals surface area contributed by atoms with Gasteiger partial charge >= 0.3 is 11.9 Å². The van der Waals surface area contributed by atoms with E-state index >= 15 is 0 Å². The summed E-state index contributed by atoms with van der Waals surface area (Å²) in [7, 11) is 1.20. The highest BCUT2D eigenvalue weighted by Gasteiger charge is 2.23. The molecule has 0 heterocycles. The molecule has 0 saturated heterocycles. The van der Waals surface area contributed by atoms with Crippen LogP contribution < -0.4 is 11.1 Å². The lowest BCUT2D eigenvalue weighted by Crippen LogP contribution is -2.43. The van der Waals surface area contributed by atoms with Crippen LogP contribution in [-0.4, -0.2) is 60.3 Å². The highest BCUT2D eigenvalue weighted by Crippen LogP contribution is 2.11. The smallest absolute Gasteiger partial charge is 0.322 e. The molecular formula is C17H28N2O7S. The van der Waals surface area contributed by atoms with Crippen LogP contribution >= 0.6 is 11.8 Å². The van der Waals surface area contributed by atoms with Gasteiger partial charge < -0.3 is 20.5 Å². The fourth-order valence-electron chi connectivity index (χ4n) is 1.95. The first-order chi connectivity index (χ1) is 12.7. The highest BCUT2D eigenvalue weighted by molar-refractivity contribution is 8.13. The van der Waals surface area contributed by atoms with E-state index < -0.39 is 29.9 Å². The van der Waals surface area contributed by atoms with Crippen molar-refractivity contribution in [3.05, 3.63) is 0 Å². The van der Waals surface area contributed by atoms with Gasteiger partial charge in [-0.3, -0.25) is 24.0 Å². The van der Waals surface area contributed by atoms with Crippen molar-refractivity contribution in [1.29, 1.82) is 0 Å². The van der Waals surface area contributed by atoms with Gasteiger partial charge in [-0.15, -0.1) is 0 Å². The summed E-state index contributed by atoms with van der Waals surface area (Å²) in [5.74, 6) is -1.91. The van der Waals surface area contributed by atoms with Gasteiger partial charge in [-0.25, -0.2) is 0 Å². The molecule has 0 aromatic carbocycles. The molecule has 2 atom stereocenters. The Balaban J connectivity index is 4.70. The number of carbonyl (C=O) groups is 5. The molecule has 10 heteroatoms. The minimum atomic E-state index is -0.935. The van der Waals surface area contributed by atoms with Gasteiger partial charge in [-0.2, -0.15) is 0 Å². The van der Waals surface area contributed by atoms with E-state index in [-0.39, 0.29) is 48.9 Å². The number of methoxy groups -OCH3 is 1. The summed E-state index contributed by atoms with van der Waals surface area (Å²) in [5, 5.41) is 2.43. The van der Waals surface area contributed by atoms with Crippen LogP contribution in [0.3, 0.4) is 0 Å². The Morgan fingerprint density at radius 2 is 1.74 bits per heavy atom. The first-order valence-electron chi connectivity index (χ1n) is 8.71. The van der Waals surface area contributed by atoms with E-state index in [9.17, 15) is 24.0 Å². The number of hydrogen-bond donors (Lipinski definition) is 2. The van der Waals surface area contributed by atoms with E-state index in [0.29, 0.717) is 6.42 Å². The molecule has 0 saturated carbocycles. The van der Waals surface area contributed by atoms with Crippen molar-refractivity contribution in [3.8, 4) is 0 Å². The second kappa shape index (κ2) is 14.2. The average molecular weight is 404 g/mol. The van der Waals surface area contributed by atoms with E-state index in [1.165, 1.54) is 7.11 Å². The second-order valence-electron chi connectivity index (χ2n) is 5.60. The molecule has 0 bridgehead atoms. The van der Waals surface area contributed by atoms with Crippen molar-refractivity contribution in [3.63, 3.8) is 0 Å². The third-order valence-electron chi connectivity index (χ3n) is 3.49. The van der Waals surface area contributed by atoms with Gasteiger partial charge in [0, 0.05) is 25.0 Å². The summed E-state index contributed by atoms with van der Waals surface area (Å²) in [6, 6.07) is -1.85. The monoisotopic (exact) mass is 404 g/mol. The number of esters is 2. The van der Waals surface area contributed by atoms with E-state index in [4.69, 9.17) is 10.5 Å². The molecule has 2 unspecified atom stereocenters. The van der Waals surface area contributed by atoms with Crippen LogP contribution in [0.2, 0.25) is 0 Å². The Morgan fingerprint density at radius 3 is 2.30 bits per heavy atom. The number of nitrogens with one attached hydrogen (secondary N) is 1. The maximum atomic E-state index is 12.3. The zero-order chi connectivity index (χ0) is 20.8. The van der Waals surface area contributed by atoms with E-state index in [1.807, 2.05) is 0 Å². The summed E-state index contributed by atoms with van der Waals surface area (Å²) in [4.78, 5) is 58.5. The van der Waals surface area contributed by atoms with Gasteiger partial charge in [-0.05, 0) is 13.3 Å².